The molecule has 0 aliphatic carbocycles. The number of aromatic nitrogens is 2. The number of carbonyl (C=O) groups is 1. The molecule has 29 heavy (non-hydrogen) atoms. The van der Waals surface area contributed by atoms with Gasteiger partial charge in [-0.05, 0) is 46.2 Å². The van der Waals surface area contributed by atoms with Gasteiger partial charge in [-0.1, -0.05) is 24.6 Å². The summed E-state index contributed by atoms with van der Waals surface area (Å²) in [6.45, 7) is 12.3. The van der Waals surface area contributed by atoms with Gasteiger partial charge in [-0.3, -0.25) is 0 Å². The van der Waals surface area contributed by atoms with Crippen LogP contribution in [0.3, 0.4) is 0 Å². The van der Waals surface area contributed by atoms with Crippen molar-refractivity contribution >= 4 is 23.5 Å². The quantitative estimate of drug-likeness (QED) is 0.836. The summed E-state index contributed by atoms with van der Waals surface area (Å²) in [5, 5.41) is 3.38. The van der Waals surface area contributed by atoms with Crippen LogP contribution in [0.5, 0.6) is 0 Å². The number of amides is 1. The van der Waals surface area contributed by atoms with Gasteiger partial charge in [0, 0.05) is 43.6 Å². The molecule has 2 aromatic rings. The summed E-state index contributed by atoms with van der Waals surface area (Å²) in [5.41, 5.74) is 2.72. The van der Waals surface area contributed by atoms with Gasteiger partial charge in [0.1, 0.15) is 11.4 Å². The molecule has 0 unspecified atom stereocenters. The van der Waals surface area contributed by atoms with Crippen LogP contribution in [-0.4, -0.2) is 52.7 Å². The minimum Gasteiger partial charge on any atom is -0.444 e. The molecule has 1 aliphatic rings. The Balaban J connectivity index is 1.69. The van der Waals surface area contributed by atoms with Crippen LogP contribution >= 0.6 is 0 Å². The molecule has 0 radical (unpaired) electrons. The summed E-state index contributed by atoms with van der Waals surface area (Å²) >= 11 is 0. The van der Waals surface area contributed by atoms with Crippen molar-refractivity contribution < 1.29 is 9.53 Å². The number of piperazine rings is 1. The molecule has 1 N–H and O–H groups in total. The van der Waals surface area contributed by atoms with Crippen LogP contribution in [0.4, 0.5) is 22.2 Å². The topological polar surface area (TPSA) is 70.6 Å². The van der Waals surface area contributed by atoms with Gasteiger partial charge in [-0.15, -0.1) is 0 Å². The second kappa shape index (κ2) is 8.68. The number of anilines is 3. The molecule has 1 saturated heterocycles. The Morgan fingerprint density at radius 3 is 2.34 bits per heavy atom. The van der Waals surface area contributed by atoms with E-state index in [1.54, 1.807) is 4.90 Å². The lowest BCUT2D eigenvalue weighted by Gasteiger charge is -2.35. The van der Waals surface area contributed by atoms with E-state index in [1.165, 1.54) is 5.56 Å². The van der Waals surface area contributed by atoms with E-state index in [-0.39, 0.29) is 6.09 Å². The zero-order valence-electron chi connectivity index (χ0n) is 18.0. The van der Waals surface area contributed by atoms with Crippen molar-refractivity contribution in [2.45, 2.75) is 46.6 Å². The lowest BCUT2D eigenvalue weighted by molar-refractivity contribution is 0.0240. The third-order valence-electron chi connectivity index (χ3n) is 4.67. The van der Waals surface area contributed by atoms with Crippen LogP contribution in [0.25, 0.3) is 0 Å². The molecule has 7 heteroatoms. The van der Waals surface area contributed by atoms with Crippen molar-refractivity contribution in [2.24, 2.45) is 0 Å². The van der Waals surface area contributed by atoms with Crippen LogP contribution in [-0.2, 0) is 11.2 Å². The molecule has 1 amide bonds. The molecule has 1 fully saturated rings. The smallest absolute Gasteiger partial charge is 0.410 e. The second-order valence-electron chi connectivity index (χ2n) is 8.34. The molecule has 1 aliphatic heterocycles. The average Bonchev–Trinajstić information content (AvgIpc) is 2.68. The maximum atomic E-state index is 12.3. The Labute approximate surface area is 173 Å². The average molecular weight is 398 g/mol. The fourth-order valence-corrected chi connectivity index (χ4v) is 3.07. The van der Waals surface area contributed by atoms with E-state index in [0.29, 0.717) is 32.1 Å². The number of nitrogens with zero attached hydrogens (tertiary/aromatic N) is 4. The minimum atomic E-state index is -0.483. The molecule has 1 aromatic carbocycles. The third-order valence-corrected chi connectivity index (χ3v) is 4.67. The summed E-state index contributed by atoms with van der Waals surface area (Å²) in [6, 6.07) is 10.2. The highest BCUT2D eigenvalue weighted by Gasteiger charge is 2.27. The number of nitrogens with one attached hydrogen (secondary N) is 1. The minimum absolute atomic E-state index is 0.262. The Morgan fingerprint density at radius 1 is 1.10 bits per heavy atom. The van der Waals surface area contributed by atoms with E-state index in [0.717, 1.165) is 23.6 Å². The van der Waals surface area contributed by atoms with Gasteiger partial charge >= 0.3 is 6.09 Å². The number of rotatable bonds is 4. The second-order valence-corrected chi connectivity index (χ2v) is 8.34. The number of hydrogen-bond acceptors (Lipinski definition) is 6. The van der Waals surface area contributed by atoms with E-state index in [1.807, 2.05) is 39.0 Å². The first kappa shape index (κ1) is 20.9. The Morgan fingerprint density at radius 2 is 1.76 bits per heavy atom. The molecule has 3 rings (SSSR count). The Kier molecular flexibility index (Phi) is 6.25. The van der Waals surface area contributed by atoms with Crippen molar-refractivity contribution in [3.8, 4) is 0 Å². The Bertz CT molecular complexity index is 837. The number of benzene rings is 1. The molecule has 0 spiro atoms. The SMILES string of the molecule is CCc1cc(Nc2ccc(C)cc2)nc(N2CCN(C(=O)OC(C)(C)C)CC2)n1. The highest BCUT2D eigenvalue weighted by molar-refractivity contribution is 5.68. The maximum Gasteiger partial charge on any atom is 0.410 e. The van der Waals surface area contributed by atoms with Crippen molar-refractivity contribution in [1.29, 1.82) is 0 Å². The van der Waals surface area contributed by atoms with Crippen molar-refractivity contribution in [2.75, 3.05) is 36.4 Å². The summed E-state index contributed by atoms with van der Waals surface area (Å²) in [4.78, 5) is 25.6. The molecule has 0 saturated carbocycles. The highest BCUT2D eigenvalue weighted by Crippen LogP contribution is 2.21. The van der Waals surface area contributed by atoms with Crippen LogP contribution in [0, 0.1) is 6.92 Å². The number of carbonyl (C=O) groups excluding carboxylic acids is 1. The zero-order valence-corrected chi connectivity index (χ0v) is 18.0. The third kappa shape index (κ3) is 5.82. The monoisotopic (exact) mass is 397 g/mol. The van der Waals surface area contributed by atoms with Crippen molar-refractivity contribution in [1.82, 2.24) is 14.9 Å². The fourth-order valence-electron chi connectivity index (χ4n) is 3.07. The normalized spacial score (nSPS) is 14.7. The number of ether oxygens (including phenoxy) is 1. The first-order valence-electron chi connectivity index (χ1n) is 10.2. The fraction of sp³-hybridized carbons (Fsp3) is 0.500. The van der Waals surface area contributed by atoms with Gasteiger partial charge in [-0.2, -0.15) is 4.98 Å². The van der Waals surface area contributed by atoms with Gasteiger partial charge in [0.25, 0.3) is 0 Å². The molecule has 156 valence electrons. The number of hydrogen-bond donors (Lipinski definition) is 1. The van der Waals surface area contributed by atoms with Gasteiger partial charge in [0.2, 0.25) is 5.95 Å². The molecular formula is C22H31N5O2. The molecule has 0 atom stereocenters. The lowest BCUT2D eigenvalue weighted by Crippen LogP contribution is -2.50. The molecule has 1 aromatic heterocycles. The van der Waals surface area contributed by atoms with Gasteiger partial charge < -0.3 is 19.9 Å². The molecular weight excluding hydrogens is 366 g/mol. The standard InChI is InChI=1S/C22H31N5O2/c1-6-17-15-19(23-18-9-7-16(2)8-10-18)25-20(24-17)26-11-13-27(14-12-26)21(28)29-22(3,4)5/h7-10,15H,6,11-14H2,1-5H3,(H,23,24,25). The summed E-state index contributed by atoms with van der Waals surface area (Å²) in [7, 11) is 0. The van der Waals surface area contributed by atoms with Crippen molar-refractivity contribution in [3.05, 3.63) is 41.6 Å². The van der Waals surface area contributed by atoms with Crippen LogP contribution < -0.4 is 10.2 Å². The first-order chi connectivity index (χ1) is 13.7. The molecule has 7 nitrogen and oxygen atoms in total. The Hall–Kier alpha value is -2.83. The van der Waals surface area contributed by atoms with Gasteiger partial charge in [0.05, 0.1) is 0 Å². The molecule has 0 bridgehead atoms. The van der Waals surface area contributed by atoms with E-state index in [2.05, 4.69) is 36.2 Å². The maximum absolute atomic E-state index is 12.3. The van der Waals surface area contributed by atoms with Crippen LogP contribution in [0.15, 0.2) is 30.3 Å². The summed E-state index contributed by atoms with van der Waals surface area (Å²) < 4.78 is 5.48. The van der Waals surface area contributed by atoms with Crippen LogP contribution in [0.1, 0.15) is 39.0 Å². The lowest BCUT2D eigenvalue weighted by atomic mass is 10.2. The van der Waals surface area contributed by atoms with E-state index >= 15 is 0 Å². The van der Waals surface area contributed by atoms with Gasteiger partial charge in [-0.25, -0.2) is 9.78 Å². The summed E-state index contributed by atoms with van der Waals surface area (Å²) in [6.07, 6.45) is 0.567. The predicted molar refractivity (Wildman–Crippen MR) is 116 cm³/mol. The zero-order chi connectivity index (χ0) is 21.0. The largest absolute Gasteiger partial charge is 0.444 e. The highest BCUT2D eigenvalue weighted by atomic mass is 16.6. The van der Waals surface area contributed by atoms with E-state index in [4.69, 9.17) is 14.7 Å². The van der Waals surface area contributed by atoms with Crippen molar-refractivity contribution in [3.63, 3.8) is 0 Å². The van der Waals surface area contributed by atoms with E-state index in [9.17, 15) is 4.79 Å². The predicted octanol–water partition coefficient (Wildman–Crippen LogP) is 4.15. The van der Waals surface area contributed by atoms with Crippen LogP contribution in [0.2, 0.25) is 0 Å². The number of aryl methyl sites for hydroxylation is 2. The van der Waals surface area contributed by atoms with E-state index < -0.39 is 5.60 Å². The van der Waals surface area contributed by atoms with Gasteiger partial charge in [0.15, 0.2) is 0 Å². The summed E-state index contributed by atoms with van der Waals surface area (Å²) in [5.74, 6) is 1.48. The first-order valence-corrected chi connectivity index (χ1v) is 10.2. The molecule has 2 heterocycles.